The molecule has 2 rings (SSSR count). The lowest BCUT2D eigenvalue weighted by Crippen LogP contribution is -2.13. The molecule has 4 nitrogen and oxygen atoms in total. The second-order valence-corrected chi connectivity index (χ2v) is 5.43. The average Bonchev–Trinajstić information content (AvgIpc) is 2.45. The molecule has 0 radical (unpaired) electrons. The van der Waals surface area contributed by atoms with Crippen LogP contribution in [0, 0.1) is 5.82 Å². The zero-order valence-electron chi connectivity index (χ0n) is 11.1. The number of carbonyl (C=O) groups excluding carboxylic acids is 1. The van der Waals surface area contributed by atoms with Crippen LogP contribution in [0.2, 0.25) is 5.02 Å². The van der Waals surface area contributed by atoms with Crippen molar-refractivity contribution < 1.29 is 9.18 Å². The van der Waals surface area contributed by atoms with Gasteiger partial charge in [-0.25, -0.2) is 9.37 Å². The van der Waals surface area contributed by atoms with E-state index in [2.05, 4.69) is 31.5 Å². The molecule has 1 heterocycles. The first-order valence-corrected chi connectivity index (χ1v) is 7.34. The number of benzene rings is 1. The van der Waals surface area contributed by atoms with E-state index in [1.165, 1.54) is 24.4 Å². The molecule has 0 fully saturated rings. The molecule has 0 aliphatic heterocycles. The second kappa shape index (κ2) is 6.87. The van der Waals surface area contributed by atoms with Crippen LogP contribution in [0.15, 0.2) is 34.9 Å². The number of hydrogen-bond acceptors (Lipinski definition) is 3. The molecule has 21 heavy (non-hydrogen) atoms. The number of hydrogen-bond donors (Lipinski definition) is 2. The number of pyridine rings is 1. The molecule has 7 heteroatoms. The van der Waals surface area contributed by atoms with E-state index in [1.54, 1.807) is 6.07 Å². The van der Waals surface area contributed by atoms with E-state index in [0.717, 1.165) is 0 Å². The summed E-state index contributed by atoms with van der Waals surface area (Å²) in [6.07, 6.45) is 1.41. The lowest BCUT2D eigenvalue weighted by Gasteiger charge is -2.08. The zero-order chi connectivity index (χ0) is 15.4. The van der Waals surface area contributed by atoms with Crippen LogP contribution in [0.3, 0.4) is 0 Å². The lowest BCUT2D eigenvalue weighted by molar-refractivity contribution is 0.102. The van der Waals surface area contributed by atoms with E-state index in [9.17, 15) is 9.18 Å². The predicted octanol–water partition coefficient (Wildman–Crippen LogP) is 4.32. The molecule has 0 spiro atoms. The summed E-state index contributed by atoms with van der Waals surface area (Å²) < 4.78 is 13.7. The monoisotopic (exact) mass is 371 g/mol. The van der Waals surface area contributed by atoms with Crippen LogP contribution in [0.25, 0.3) is 0 Å². The van der Waals surface area contributed by atoms with E-state index in [0.29, 0.717) is 33.1 Å². The van der Waals surface area contributed by atoms with Crippen LogP contribution in [-0.2, 0) is 0 Å². The number of nitrogens with one attached hydrogen (secondary N) is 2. The summed E-state index contributed by atoms with van der Waals surface area (Å²) in [5.74, 6) is -0.342. The highest BCUT2D eigenvalue weighted by Gasteiger charge is 2.11. The first-order valence-electron chi connectivity index (χ1n) is 6.17. The number of rotatable bonds is 4. The van der Waals surface area contributed by atoms with Gasteiger partial charge in [-0.05, 0) is 47.1 Å². The van der Waals surface area contributed by atoms with Crippen LogP contribution in [0.1, 0.15) is 17.3 Å². The van der Waals surface area contributed by atoms with Gasteiger partial charge < -0.3 is 10.6 Å². The smallest absolute Gasteiger partial charge is 0.257 e. The highest BCUT2D eigenvalue weighted by atomic mass is 79.9. The molecule has 110 valence electrons. The Bertz CT molecular complexity index is 681. The number of amides is 1. The molecule has 1 aromatic carbocycles. The third-order valence-electron chi connectivity index (χ3n) is 2.63. The Hall–Kier alpha value is -1.66. The van der Waals surface area contributed by atoms with Gasteiger partial charge in [0.2, 0.25) is 0 Å². The van der Waals surface area contributed by atoms with E-state index >= 15 is 0 Å². The summed E-state index contributed by atoms with van der Waals surface area (Å²) in [6.45, 7) is 2.59. The van der Waals surface area contributed by atoms with Gasteiger partial charge in [-0.3, -0.25) is 4.79 Å². The van der Waals surface area contributed by atoms with Crippen molar-refractivity contribution in [3.63, 3.8) is 0 Å². The van der Waals surface area contributed by atoms with Gasteiger partial charge >= 0.3 is 0 Å². The maximum absolute atomic E-state index is 13.4. The highest BCUT2D eigenvalue weighted by molar-refractivity contribution is 9.10. The Balaban J connectivity index is 2.16. The largest absolute Gasteiger partial charge is 0.369 e. The Morgan fingerprint density at radius 2 is 2.19 bits per heavy atom. The minimum Gasteiger partial charge on any atom is -0.369 e. The molecule has 1 aromatic heterocycles. The van der Waals surface area contributed by atoms with Gasteiger partial charge in [0, 0.05) is 18.4 Å². The van der Waals surface area contributed by atoms with Crippen molar-refractivity contribution in [2.75, 3.05) is 17.2 Å². The standard InChI is InChI=1S/C14H12BrClFN3O/c1-2-18-13-11(16)5-8(7-19-13)14(21)20-9-3-4-10(15)12(17)6-9/h3-7H,2H2,1H3,(H,18,19)(H,20,21). The van der Waals surface area contributed by atoms with Crippen molar-refractivity contribution in [3.8, 4) is 0 Å². The first kappa shape index (κ1) is 15.7. The maximum Gasteiger partial charge on any atom is 0.257 e. The van der Waals surface area contributed by atoms with Crippen LogP contribution >= 0.6 is 27.5 Å². The molecule has 0 saturated heterocycles. The van der Waals surface area contributed by atoms with Crippen LogP contribution in [0.5, 0.6) is 0 Å². The van der Waals surface area contributed by atoms with Gasteiger partial charge in [0.05, 0.1) is 15.1 Å². The van der Waals surface area contributed by atoms with Crippen LogP contribution in [0.4, 0.5) is 15.9 Å². The zero-order valence-corrected chi connectivity index (χ0v) is 13.4. The Morgan fingerprint density at radius 3 is 2.81 bits per heavy atom. The summed E-state index contributed by atoms with van der Waals surface area (Å²) in [7, 11) is 0. The molecule has 1 amide bonds. The fraction of sp³-hybridized carbons (Fsp3) is 0.143. The molecule has 0 saturated carbocycles. The Labute approximate surface area is 134 Å². The van der Waals surface area contributed by atoms with E-state index in [1.807, 2.05) is 6.92 Å². The van der Waals surface area contributed by atoms with Gasteiger partial charge in [0.15, 0.2) is 0 Å². The number of carbonyl (C=O) groups is 1. The third-order valence-corrected chi connectivity index (χ3v) is 3.56. The molecule has 0 aliphatic rings. The summed E-state index contributed by atoms with van der Waals surface area (Å²) >= 11 is 9.08. The van der Waals surface area contributed by atoms with Gasteiger partial charge in [0.1, 0.15) is 11.6 Å². The predicted molar refractivity (Wildman–Crippen MR) is 85.5 cm³/mol. The quantitative estimate of drug-likeness (QED) is 0.840. The second-order valence-electron chi connectivity index (χ2n) is 4.17. The van der Waals surface area contributed by atoms with Crippen LogP contribution < -0.4 is 10.6 Å². The van der Waals surface area contributed by atoms with Crippen molar-refractivity contribution in [1.29, 1.82) is 0 Å². The molecular formula is C14H12BrClFN3O. The van der Waals surface area contributed by atoms with Crippen molar-refractivity contribution in [2.45, 2.75) is 6.92 Å². The van der Waals surface area contributed by atoms with Gasteiger partial charge in [-0.1, -0.05) is 11.6 Å². The number of aromatic nitrogens is 1. The number of halogens is 3. The topological polar surface area (TPSA) is 54.0 Å². The maximum atomic E-state index is 13.4. The average molecular weight is 373 g/mol. The van der Waals surface area contributed by atoms with E-state index in [4.69, 9.17) is 11.6 Å². The minimum absolute atomic E-state index is 0.296. The van der Waals surface area contributed by atoms with E-state index < -0.39 is 11.7 Å². The SMILES string of the molecule is CCNc1ncc(C(=O)Nc2ccc(Br)c(F)c2)cc1Cl. The molecule has 2 N–H and O–H groups in total. The molecule has 0 bridgehead atoms. The van der Waals surface area contributed by atoms with Gasteiger partial charge in [-0.2, -0.15) is 0 Å². The molecule has 2 aromatic rings. The third kappa shape index (κ3) is 3.92. The van der Waals surface area contributed by atoms with Crippen molar-refractivity contribution >= 4 is 44.9 Å². The summed E-state index contributed by atoms with van der Waals surface area (Å²) in [6, 6.07) is 5.85. The number of nitrogens with zero attached hydrogens (tertiary/aromatic N) is 1. The normalized spacial score (nSPS) is 10.3. The van der Waals surface area contributed by atoms with Gasteiger partial charge in [0.25, 0.3) is 5.91 Å². The highest BCUT2D eigenvalue weighted by Crippen LogP contribution is 2.22. The van der Waals surface area contributed by atoms with Crippen molar-refractivity contribution in [3.05, 3.63) is 51.3 Å². The van der Waals surface area contributed by atoms with Crippen LogP contribution in [-0.4, -0.2) is 17.4 Å². The van der Waals surface area contributed by atoms with E-state index in [-0.39, 0.29) is 0 Å². The molecule has 0 unspecified atom stereocenters. The fourth-order valence-electron chi connectivity index (χ4n) is 1.64. The number of anilines is 2. The molecule has 0 atom stereocenters. The summed E-state index contributed by atoms with van der Waals surface area (Å²) in [5, 5.41) is 5.92. The Morgan fingerprint density at radius 1 is 1.43 bits per heavy atom. The fourth-order valence-corrected chi connectivity index (χ4v) is 2.12. The van der Waals surface area contributed by atoms with Crippen molar-refractivity contribution in [2.24, 2.45) is 0 Å². The molecular weight excluding hydrogens is 361 g/mol. The summed E-state index contributed by atoms with van der Waals surface area (Å²) in [4.78, 5) is 16.1. The Kier molecular flexibility index (Phi) is 5.14. The lowest BCUT2D eigenvalue weighted by atomic mass is 10.2. The minimum atomic E-state index is -0.452. The summed E-state index contributed by atoms with van der Waals surface area (Å²) in [5.41, 5.74) is 0.651. The van der Waals surface area contributed by atoms with Gasteiger partial charge in [-0.15, -0.1) is 0 Å². The van der Waals surface area contributed by atoms with Crippen molar-refractivity contribution in [1.82, 2.24) is 4.98 Å². The molecule has 0 aliphatic carbocycles. The first-order chi connectivity index (χ1) is 10.0.